The molecule has 0 spiro atoms. The van der Waals surface area contributed by atoms with E-state index in [0.29, 0.717) is 0 Å². The molecular formula is C8H12O6S. The van der Waals surface area contributed by atoms with Crippen LogP contribution in [0, 0.1) is 5.41 Å². The van der Waals surface area contributed by atoms with Gasteiger partial charge < -0.3 is 9.47 Å². The summed E-state index contributed by atoms with van der Waals surface area (Å²) in [6.45, 7) is 0. The van der Waals surface area contributed by atoms with Crippen LogP contribution in [0.1, 0.15) is 6.42 Å². The van der Waals surface area contributed by atoms with E-state index >= 15 is 0 Å². The van der Waals surface area contributed by atoms with E-state index in [9.17, 15) is 18.0 Å². The topological polar surface area (TPSA) is 86.7 Å². The molecule has 1 unspecified atom stereocenters. The first-order valence-corrected chi connectivity index (χ1v) is 6.12. The van der Waals surface area contributed by atoms with Crippen molar-refractivity contribution in [1.82, 2.24) is 0 Å². The lowest BCUT2D eigenvalue weighted by molar-refractivity contribution is -0.161. The van der Waals surface area contributed by atoms with E-state index in [-0.39, 0.29) is 6.42 Å². The quantitative estimate of drug-likeness (QED) is 0.468. The first-order valence-electron chi connectivity index (χ1n) is 4.16. The Morgan fingerprint density at radius 1 is 1.20 bits per heavy atom. The normalized spacial score (nSPS) is 23.0. The highest BCUT2D eigenvalue weighted by molar-refractivity contribution is 7.91. The van der Waals surface area contributed by atoms with Crippen LogP contribution in [0.25, 0.3) is 0 Å². The van der Waals surface area contributed by atoms with E-state index in [1.807, 2.05) is 0 Å². The Morgan fingerprint density at radius 3 is 1.80 bits per heavy atom. The predicted octanol–water partition coefficient (Wildman–Crippen LogP) is -0.864. The van der Waals surface area contributed by atoms with Crippen LogP contribution in [0.4, 0.5) is 0 Å². The van der Waals surface area contributed by atoms with Gasteiger partial charge in [0.05, 0.1) is 19.5 Å². The summed E-state index contributed by atoms with van der Waals surface area (Å²) in [4.78, 5) is 22.7. The first-order chi connectivity index (χ1) is 6.80. The molecule has 0 aliphatic heterocycles. The summed E-state index contributed by atoms with van der Waals surface area (Å²) in [7, 11) is -1.25. The smallest absolute Gasteiger partial charge is 0.324 e. The van der Waals surface area contributed by atoms with Crippen LogP contribution in [0.15, 0.2) is 0 Å². The van der Waals surface area contributed by atoms with Crippen molar-refractivity contribution in [1.29, 1.82) is 0 Å². The molecule has 15 heavy (non-hydrogen) atoms. The number of methoxy groups -OCH3 is 2. The van der Waals surface area contributed by atoms with Gasteiger partial charge in [0.15, 0.2) is 15.3 Å². The molecule has 1 rings (SSSR count). The van der Waals surface area contributed by atoms with Crippen molar-refractivity contribution in [2.24, 2.45) is 5.41 Å². The third-order valence-corrected chi connectivity index (χ3v) is 4.12. The van der Waals surface area contributed by atoms with Crippen LogP contribution in [0.2, 0.25) is 0 Å². The van der Waals surface area contributed by atoms with E-state index in [0.717, 1.165) is 20.5 Å². The number of carbonyl (C=O) groups excluding carboxylic acids is 2. The minimum atomic E-state index is -3.45. The summed E-state index contributed by atoms with van der Waals surface area (Å²) in [5, 5.41) is -1.02. The highest BCUT2D eigenvalue weighted by Gasteiger charge is 2.72. The molecule has 0 amide bonds. The minimum Gasteiger partial charge on any atom is -0.468 e. The fourth-order valence-electron chi connectivity index (χ4n) is 1.63. The zero-order valence-electron chi connectivity index (χ0n) is 8.64. The van der Waals surface area contributed by atoms with Crippen molar-refractivity contribution in [2.75, 3.05) is 20.5 Å². The lowest BCUT2D eigenvalue weighted by atomic mass is 10.1. The summed E-state index contributed by atoms with van der Waals surface area (Å²) in [5.74, 6) is -1.71. The molecule has 0 bridgehead atoms. The second-order valence-corrected chi connectivity index (χ2v) is 5.70. The Morgan fingerprint density at radius 2 is 1.60 bits per heavy atom. The molecule has 7 heteroatoms. The van der Waals surface area contributed by atoms with Crippen LogP contribution in [0.3, 0.4) is 0 Å². The monoisotopic (exact) mass is 236 g/mol. The number of esters is 2. The summed E-state index contributed by atoms with van der Waals surface area (Å²) in [6.07, 6.45) is 0.913. The third kappa shape index (κ3) is 1.71. The van der Waals surface area contributed by atoms with E-state index in [4.69, 9.17) is 0 Å². The summed E-state index contributed by atoms with van der Waals surface area (Å²) in [6, 6.07) is 0. The van der Waals surface area contributed by atoms with Gasteiger partial charge >= 0.3 is 11.9 Å². The number of sulfone groups is 1. The van der Waals surface area contributed by atoms with Gasteiger partial charge in [-0.15, -0.1) is 0 Å². The van der Waals surface area contributed by atoms with Crippen molar-refractivity contribution in [3.05, 3.63) is 0 Å². The van der Waals surface area contributed by atoms with Gasteiger partial charge in [-0.2, -0.15) is 0 Å². The van der Waals surface area contributed by atoms with Crippen molar-refractivity contribution in [2.45, 2.75) is 11.7 Å². The van der Waals surface area contributed by atoms with Gasteiger partial charge in [0.2, 0.25) is 0 Å². The van der Waals surface area contributed by atoms with Gasteiger partial charge in [-0.3, -0.25) is 9.59 Å². The molecule has 0 N–H and O–H groups in total. The van der Waals surface area contributed by atoms with Gasteiger partial charge in [-0.25, -0.2) is 8.42 Å². The SMILES string of the molecule is COC(=O)C1(C(=O)OC)CC1S(C)(=O)=O. The minimum absolute atomic E-state index is 0.0643. The summed E-state index contributed by atoms with van der Waals surface area (Å²) >= 11 is 0. The zero-order chi connectivity index (χ0) is 11.9. The molecule has 0 saturated heterocycles. The standard InChI is InChI=1S/C8H12O6S/c1-13-6(9)8(7(10)14-2)4-5(8)15(3,11)12/h5H,4H2,1-3H3. The van der Waals surface area contributed by atoms with E-state index < -0.39 is 32.4 Å². The van der Waals surface area contributed by atoms with Crippen molar-refractivity contribution in [3.63, 3.8) is 0 Å². The molecule has 0 heterocycles. The highest BCUT2D eigenvalue weighted by Crippen LogP contribution is 2.52. The van der Waals surface area contributed by atoms with Gasteiger partial charge in [0, 0.05) is 6.26 Å². The maximum atomic E-state index is 11.4. The van der Waals surface area contributed by atoms with E-state index in [2.05, 4.69) is 9.47 Å². The molecule has 86 valence electrons. The third-order valence-electron chi connectivity index (χ3n) is 2.51. The Labute approximate surface area is 87.5 Å². The van der Waals surface area contributed by atoms with Crippen molar-refractivity contribution < 1.29 is 27.5 Å². The molecule has 0 aromatic carbocycles. The van der Waals surface area contributed by atoms with Crippen LogP contribution < -0.4 is 0 Å². The molecule has 0 aromatic heterocycles. The van der Waals surface area contributed by atoms with Crippen LogP contribution in [0.5, 0.6) is 0 Å². The molecule has 0 aromatic rings. The summed E-state index contributed by atoms with van der Waals surface area (Å²) in [5.41, 5.74) is -1.64. The molecule has 0 radical (unpaired) electrons. The highest BCUT2D eigenvalue weighted by atomic mass is 32.2. The molecule has 1 atom stereocenters. The van der Waals surface area contributed by atoms with Gasteiger partial charge in [0.1, 0.15) is 0 Å². The predicted molar refractivity (Wildman–Crippen MR) is 49.7 cm³/mol. The van der Waals surface area contributed by atoms with E-state index in [1.165, 1.54) is 0 Å². The fraction of sp³-hybridized carbons (Fsp3) is 0.750. The number of rotatable bonds is 3. The molecule has 1 aliphatic rings. The number of carbonyl (C=O) groups is 2. The average Bonchev–Trinajstić information content (AvgIpc) is 2.91. The van der Waals surface area contributed by atoms with Crippen LogP contribution in [-0.2, 0) is 28.9 Å². The van der Waals surface area contributed by atoms with Gasteiger partial charge in [-0.05, 0) is 6.42 Å². The number of ether oxygens (including phenoxy) is 2. The molecule has 1 saturated carbocycles. The zero-order valence-corrected chi connectivity index (χ0v) is 9.46. The Hall–Kier alpha value is -1.11. The number of hydrogen-bond donors (Lipinski definition) is 0. The fourth-order valence-corrected chi connectivity index (χ4v) is 3.12. The molecule has 6 nitrogen and oxygen atoms in total. The van der Waals surface area contributed by atoms with E-state index in [1.54, 1.807) is 0 Å². The largest absolute Gasteiger partial charge is 0.468 e. The lowest BCUT2D eigenvalue weighted by Gasteiger charge is -2.11. The first kappa shape index (κ1) is 12.0. The Kier molecular flexibility index (Phi) is 2.77. The Balaban J connectivity index is 3.06. The van der Waals surface area contributed by atoms with Crippen LogP contribution in [-0.4, -0.2) is 46.1 Å². The number of hydrogen-bond acceptors (Lipinski definition) is 6. The lowest BCUT2D eigenvalue weighted by Crippen LogP contribution is -2.33. The van der Waals surface area contributed by atoms with Crippen molar-refractivity contribution >= 4 is 21.8 Å². The van der Waals surface area contributed by atoms with Crippen LogP contribution >= 0.6 is 0 Å². The van der Waals surface area contributed by atoms with Crippen molar-refractivity contribution in [3.8, 4) is 0 Å². The second kappa shape index (κ2) is 3.48. The maximum absolute atomic E-state index is 11.4. The maximum Gasteiger partial charge on any atom is 0.324 e. The molecule has 1 fully saturated rings. The van der Waals surface area contributed by atoms with Gasteiger partial charge in [-0.1, -0.05) is 0 Å². The molecule has 1 aliphatic carbocycles. The van der Waals surface area contributed by atoms with Gasteiger partial charge in [0.25, 0.3) is 0 Å². The Bertz CT molecular complexity index is 379. The molecular weight excluding hydrogens is 224 g/mol. The second-order valence-electron chi connectivity index (χ2n) is 3.48. The summed E-state index contributed by atoms with van der Waals surface area (Å²) < 4.78 is 31.3. The average molecular weight is 236 g/mol.